The predicted molar refractivity (Wildman–Crippen MR) is 106 cm³/mol. The molecule has 0 aliphatic heterocycles. The van der Waals surface area contributed by atoms with E-state index in [4.69, 9.17) is 23.2 Å². The number of aromatic nitrogens is 2. The lowest BCUT2D eigenvalue weighted by Gasteiger charge is -2.12. The highest BCUT2D eigenvalue weighted by Gasteiger charge is 2.24. The van der Waals surface area contributed by atoms with Crippen LogP contribution in [0.25, 0.3) is 0 Å². The Morgan fingerprint density at radius 3 is 2.27 bits per heavy atom. The number of benzene rings is 2. The Bertz CT molecular complexity index is 987. The van der Waals surface area contributed by atoms with Crippen LogP contribution in [0.15, 0.2) is 53.3 Å². The Morgan fingerprint density at radius 1 is 1.00 bits per heavy atom. The van der Waals surface area contributed by atoms with Gasteiger partial charge in [-0.2, -0.15) is 0 Å². The smallest absolute Gasteiger partial charge is 0.333 e. The summed E-state index contributed by atoms with van der Waals surface area (Å²) in [6.45, 7) is 0. The summed E-state index contributed by atoms with van der Waals surface area (Å²) in [5, 5.41) is 18.2. The SMILES string of the molecule is O=[N+]([O-])c1c(Nc2ccc(Cl)cc2Cl)ncnc1Nc1ccccc1Br. The zero-order chi connectivity index (χ0) is 18.7. The first-order chi connectivity index (χ1) is 12.5. The standard InChI is InChI=1S/C16H10BrCl2N5O2/c17-10-3-1-2-4-12(10)22-15-14(24(25)26)16(21-8-20-15)23-13-6-5-9(18)7-11(13)19/h1-8H,(H2,20,21,22,23). The summed E-state index contributed by atoms with van der Waals surface area (Å²) >= 11 is 15.4. The highest BCUT2D eigenvalue weighted by Crippen LogP contribution is 2.36. The molecule has 0 aliphatic carbocycles. The van der Waals surface area contributed by atoms with E-state index in [0.29, 0.717) is 21.4 Å². The van der Waals surface area contributed by atoms with Crippen molar-refractivity contribution >= 4 is 67.8 Å². The van der Waals surface area contributed by atoms with E-state index in [9.17, 15) is 10.1 Å². The number of nitrogens with one attached hydrogen (secondary N) is 2. The first-order valence-electron chi connectivity index (χ1n) is 7.18. The van der Waals surface area contributed by atoms with Gasteiger partial charge >= 0.3 is 5.69 Å². The first kappa shape index (κ1) is 18.4. The van der Waals surface area contributed by atoms with Gasteiger partial charge in [0.05, 0.1) is 21.3 Å². The molecule has 1 aromatic heterocycles. The maximum atomic E-state index is 11.6. The maximum absolute atomic E-state index is 11.6. The fourth-order valence-electron chi connectivity index (χ4n) is 2.14. The molecule has 3 aromatic rings. The zero-order valence-electron chi connectivity index (χ0n) is 12.9. The van der Waals surface area contributed by atoms with Gasteiger partial charge in [-0.15, -0.1) is 0 Å². The van der Waals surface area contributed by atoms with Crippen LogP contribution in [0.2, 0.25) is 10.0 Å². The number of para-hydroxylation sites is 1. The van der Waals surface area contributed by atoms with Crippen molar-refractivity contribution in [3.63, 3.8) is 0 Å². The summed E-state index contributed by atoms with van der Waals surface area (Å²) in [6.07, 6.45) is 1.22. The third-order valence-corrected chi connectivity index (χ3v) is 4.56. The minimum absolute atomic E-state index is 0.00350. The van der Waals surface area contributed by atoms with Gasteiger partial charge in [-0.3, -0.25) is 10.1 Å². The van der Waals surface area contributed by atoms with E-state index in [1.807, 2.05) is 12.1 Å². The number of halogens is 3. The Balaban J connectivity index is 2.01. The minimum atomic E-state index is -0.564. The average molecular weight is 455 g/mol. The van der Waals surface area contributed by atoms with Crippen LogP contribution in [-0.2, 0) is 0 Å². The number of nitro groups is 1. The van der Waals surface area contributed by atoms with Crippen molar-refractivity contribution in [2.75, 3.05) is 10.6 Å². The monoisotopic (exact) mass is 453 g/mol. The van der Waals surface area contributed by atoms with Crippen molar-refractivity contribution in [1.82, 2.24) is 9.97 Å². The minimum Gasteiger partial charge on any atom is -0.333 e. The number of hydrogen-bond donors (Lipinski definition) is 2. The molecule has 0 atom stereocenters. The largest absolute Gasteiger partial charge is 0.353 e. The molecule has 0 saturated heterocycles. The van der Waals surface area contributed by atoms with Crippen molar-refractivity contribution in [2.24, 2.45) is 0 Å². The number of rotatable bonds is 5. The average Bonchev–Trinajstić information content (AvgIpc) is 2.59. The topological polar surface area (TPSA) is 93.0 Å². The predicted octanol–water partition coefficient (Wildman–Crippen LogP) is 5.94. The third kappa shape index (κ3) is 4.04. The van der Waals surface area contributed by atoms with Crippen molar-refractivity contribution < 1.29 is 4.92 Å². The van der Waals surface area contributed by atoms with E-state index >= 15 is 0 Å². The molecule has 2 N–H and O–H groups in total. The molecule has 26 heavy (non-hydrogen) atoms. The molecule has 0 aliphatic rings. The molecular formula is C16H10BrCl2N5O2. The summed E-state index contributed by atoms with van der Waals surface area (Å²) < 4.78 is 0.739. The molecule has 0 unspecified atom stereocenters. The van der Waals surface area contributed by atoms with Crippen LogP contribution < -0.4 is 10.6 Å². The molecule has 0 spiro atoms. The number of anilines is 4. The van der Waals surface area contributed by atoms with Crippen LogP contribution in [0, 0.1) is 10.1 Å². The van der Waals surface area contributed by atoms with Crippen molar-refractivity contribution in [3.05, 3.63) is 73.4 Å². The lowest BCUT2D eigenvalue weighted by molar-refractivity contribution is -0.383. The summed E-state index contributed by atoms with van der Waals surface area (Å²) in [5.74, 6) is 0.0493. The Morgan fingerprint density at radius 2 is 1.65 bits per heavy atom. The van der Waals surface area contributed by atoms with E-state index in [1.54, 1.807) is 24.3 Å². The number of nitrogens with zero attached hydrogens (tertiary/aromatic N) is 3. The Kier molecular flexibility index (Phi) is 5.55. The molecule has 0 saturated carbocycles. The van der Waals surface area contributed by atoms with Crippen molar-refractivity contribution in [1.29, 1.82) is 0 Å². The van der Waals surface area contributed by atoms with Gasteiger partial charge in [-0.05, 0) is 46.3 Å². The number of hydrogen-bond acceptors (Lipinski definition) is 6. The van der Waals surface area contributed by atoms with E-state index in [1.165, 1.54) is 12.4 Å². The highest BCUT2D eigenvalue weighted by molar-refractivity contribution is 9.10. The first-order valence-corrected chi connectivity index (χ1v) is 8.73. The molecule has 2 aromatic carbocycles. The van der Waals surface area contributed by atoms with Crippen molar-refractivity contribution in [2.45, 2.75) is 0 Å². The molecule has 1 heterocycles. The molecule has 0 fully saturated rings. The van der Waals surface area contributed by atoms with Gasteiger partial charge in [0, 0.05) is 9.50 Å². The van der Waals surface area contributed by atoms with E-state index in [-0.39, 0.29) is 17.3 Å². The van der Waals surface area contributed by atoms with Gasteiger partial charge in [-0.25, -0.2) is 9.97 Å². The van der Waals surface area contributed by atoms with E-state index < -0.39 is 4.92 Å². The lowest BCUT2D eigenvalue weighted by atomic mass is 10.3. The van der Waals surface area contributed by atoms with Crippen LogP contribution in [0.1, 0.15) is 0 Å². The zero-order valence-corrected chi connectivity index (χ0v) is 16.0. The second-order valence-electron chi connectivity index (χ2n) is 5.03. The van der Waals surface area contributed by atoms with Crippen LogP contribution in [0.3, 0.4) is 0 Å². The van der Waals surface area contributed by atoms with Crippen molar-refractivity contribution in [3.8, 4) is 0 Å². The highest BCUT2D eigenvalue weighted by atomic mass is 79.9. The Labute approximate surface area is 166 Å². The molecule has 3 rings (SSSR count). The molecule has 0 bridgehead atoms. The summed E-state index contributed by atoms with van der Waals surface area (Å²) in [5.41, 5.74) is 0.753. The third-order valence-electron chi connectivity index (χ3n) is 3.32. The molecule has 10 heteroatoms. The quantitative estimate of drug-likeness (QED) is 0.366. The molecular weight excluding hydrogens is 445 g/mol. The second-order valence-corrected chi connectivity index (χ2v) is 6.73. The van der Waals surface area contributed by atoms with Gasteiger partial charge in [0.2, 0.25) is 11.6 Å². The van der Waals surface area contributed by atoms with Gasteiger partial charge in [0.1, 0.15) is 6.33 Å². The summed E-state index contributed by atoms with van der Waals surface area (Å²) in [7, 11) is 0. The molecule has 132 valence electrons. The van der Waals surface area contributed by atoms with Crippen LogP contribution >= 0.6 is 39.1 Å². The van der Waals surface area contributed by atoms with Crippen LogP contribution in [0.4, 0.5) is 28.7 Å². The normalized spacial score (nSPS) is 10.4. The molecule has 0 radical (unpaired) electrons. The van der Waals surface area contributed by atoms with E-state index in [0.717, 1.165) is 4.47 Å². The lowest BCUT2D eigenvalue weighted by Crippen LogP contribution is -2.06. The van der Waals surface area contributed by atoms with Crippen LogP contribution in [0.5, 0.6) is 0 Å². The molecule has 0 amide bonds. The second kappa shape index (κ2) is 7.86. The maximum Gasteiger partial charge on any atom is 0.353 e. The van der Waals surface area contributed by atoms with Gasteiger partial charge < -0.3 is 10.6 Å². The van der Waals surface area contributed by atoms with Gasteiger partial charge in [0.15, 0.2) is 0 Å². The fraction of sp³-hybridized carbons (Fsp3) is 0. The Hall–Kier alpha value is -2.42. The van der Waals surface area contributed by atoms with Crippen LogP contribution in [-0.4, -0.2) is 14.9 Å². The summed E-state index contributed by atoms with van der Waals surface area (Å²) in [6, 6.07) is 12.0. The fourth-order valence-corrected chi connectivity index (χ4v) is 2.98. The van der Waals surface area contributed by atoms with E-state index in [2.05, 4.69) is 36.5 Å². The molecule has 7 nitrogen and oxygen atoms in total. The summed E-state index contributed by atoms with van der Waals surface area (Å²) in [4.78, 5) is 19.0. The van der Waals surface area contributed by atoms with Gasteiger partial charge in [0.25, 0.3) is 0 Å². The van der Waals surface area contributed by atoms with Gasteiger partial charge in [-0.1, -0.05) is 35.3 Å².